The van der Waals surface area contributed by atoms with Gasteiger partial charge in [-0.2, -0.15) is 0 Å². The Labute approximate surface area is 118 Å². The van der Waals surface area contributed by atoms with E-state index in [2.05, 4.69) is 11.8 Å². The Kier molecular flexibility index (Phi) is 16.1. The number of ether oxygens (including phenoxy) is 3. The highest BCUT2D eigenvalue weighted by Crippen LogP contribution is 1.95. The molecule has 0 aromatic carbocycles. The number of terminal acetylenes is 2. The molecule has 0 aliphatic rings. The van der Waals surface area contributed by atoms with Crippen LogP contribution < -0.4 is 0 Å². The van der Waals surface area contributed by atoms with Gasteiger partial charge in [-0.25, -0.2) is 0 Å². The molecular formula is C16H26O3. The standard InChI is InChI=1S/C16H26O3/c1-3-5-7-9-11-17-13-15-19-16-14-18-12-10-8-6-4-2/h1-2H,5-16H2. The van der Waals surface area contributed by atoms with Crippen LogP contribution in [0.15, 0.2) is 0 Å². The summed E-state index contributed by atoms with van der Waals surface area (Å²) in [6, 6.07) is 0. The first-order valence-corrected chi connectivity index (χ1v) is 7.02. The maximum Gasteiger partial charge on any atom is 0.0701 e. The molecule has 0 aromatic rings. The Bertz CT molecular complexity index is 224. The van der Waals surface area contributed by atoms with Crippen LogP contribution in [0.25, 0.3) is 0 Å². The van der Waals surface area contributed by atoms with Crippen LogP contribution >= 0.6 is 0 Å². The van der Waals surface area contributed by atoms with Crippen LogP contribution in [0.2, 0.25) is 0 Å². The zero-order valence-electron chi connectivity index (χ0n) is 11.9. The third kappa shape index (κ3) is 17.0. The van der Waals surface area contributed by atoms with E-state index >= 15 is 0 Å². The molecule has 3 heteroatoms. The fourth-order valence-electron chi connectivity index (χ4n) is 1.40. The fourth-order valence-corrected chi connectivity index (χ4v) is 1.40. The van der Waals surface area contributed by atoms with Crippen molar-refractivity contribution in [2.75, 3.05) is 39.6 Å². The second kappa shape index (κ2) is 17.0. The molecule has 0 saturated heterocycles. The molecule has 0 heterocycles. The number of hydrogen-bond donors (Lipinski definition) is 0. The van der Waals surface area contributed by atoms with Gasteiger partial charge in [0, 0.05) is 26.1 Å². The predicted molar refractivity (Wildman–Crippen MR) is 77.8 cm³/mol. The van der Waals surface area contributed by atoms with Crippen molar-refractivity contribution in [2.24, 2.45) is 0 Å². The van der Waals surface area contributed by atoms with Crippen molar-refractivity contribution in [3.63, 3.8) is 0 Å². The first-order valence-electron chi connectivity index (χ1n) is 7.02. The summed E-state index contributed by atoms with van der Waals surface area (Å²) in [4.78, 5) is 0. The average Bonchev–Trinajstić information content (AvgIpc) is 2.43. The Morgan fingerprint density at radius 2 is 0.895 bits per heavy atom. The smallest absolute Gasteiger partial charge is 0.0701 e. The lowest BCUT2D eigenvalue weighted by Gasteiger charge is -2.06. The Hall–Kier alpha value is -1.00. The van der Waals surface area contributed by atoms with E-state index in [-0.39, 0.29) is 0 Å². The van der Waals surface area contributed by atoms with Gasteiger partial charge in [0.05, 0.1) is 26.4 Å². The van der Waals surface area contributed by atoms with Crippen molar-refractivity contribution in [2.45, 2.75) is 38.5 Å². The molecule has 0 amide bonds. The molecule has 108 valence electrons. The summed E-state index contributed by atoms with van der Waals surface area (Å²) >= 11 is 0. The number of unbranched alkanes of at least 4 members (excludes halogenated alkanes) is 4. The van der Waals surface area contributed by atoms with Gasteiger partial charge in [0.25, 0.3) is 0 Å². The molecule has 0 aromatic heterocycles. The van der Waals surface area contributed by atoms with Gasteiger partial charge < -0.3 is 14.2 Å². The van der Waals surface area contributed by atoms with Crippen LogP contribution in [-0.2, 0) is 14.2 Å². The molecule has 0 aliphatic heterocycles. The average molecular weight is 266 g/mol. The molecule has 0 rings (SSSR count). The van der Waals surface area contributed by atoms with Crippen molar-refractivity contribution in [3.8, 4) is 24.7 Å². The van der Waals surface area contributed by atoms with E-state index in [1.807, 2.05) is 0 Å². The quantitative estimate of drug-likeness (QED) is 0.357. The SMILES string of the molecule is C#CCCCCOCCOCCOCCCCC#C. The van der Waals surface area contributed by atoms with Gasteiger partial charge >= 0.3 is 0 Å². The van der Waals surface area contributed by atoms with E-state index < -0.39 is 0 Å². The zero-order chi connectivity index (χ0) is 14.0. The van der Waals surface area contributed by atoms with E-state index in [9.17, 15) is 0 Å². The van der Waals surface area contributed by atoms with Gasteiger partial charge in [-0.15, -0.1) is 24.7 Å². The molecule has 0 unspecified atom stereocenters. The lowest BCUT2D eigenvalue weighted by atomic mass is 10.2. The molecule has 19 heavy (non-hydrogen) atoms. The van der Waals surface area contributed by atoms with Crippen LogP contribution in [-0.4, -0.2) is 39.6 Å². The van der Waals surface area contributed by atoms with Crippen LogP contribution in [0.5, 0.6) is 0 Å². The first kappa shape index (κ1) is 18.0. The summed E-state index contributed by atoms with van der Waals surface area (Å²) in [6.45, 7) is 4.04. The molecule has 0 aliphatic carbocycles. The maximum atomic E-state index is 5.40. The molecule has 0 saturated carbocycles. The number of hydrogen-bond acceptors (Lipinski definition) is 3. The van der Waals surface area contributed by atoms with Crippen molar-refractivity contribution in [1.82, 2.24) is 0 Å². The third-order valence-corrected chi connectivity index (χ3v) is 2.46. The largest absolute Gasteiger partial charge is 0.379 e. The molecule has 0 spiro atoms. The Morgan fingerprint density at radius 3 is 1.26 bits per heavy atom. The number of rotatable bonds is 14. The minimum Gasteiger partial charge on any atom is -0.379 e. The highest BCUT2D eigenvalue weighted by molar-refractivity contribution is 4.83. The van der Waals surface area contributed by atoms with E-state index in [0.717, 1.165) is 51.7 Å². The minimum atomic E-state index is 0.621. The van der Waals surface area contributed by atoms with E-state index in [4.69, 9.17) is 27.1 Å². The summed E-state index contributed by atoms with van der Waals surface area (Å²) in [7, 11) is 0. The zero-order valence-corrected chi connectivity index (χ0v) is 11.9. The van der Waals surface area contributed by atoms with Crippen molar-refractivity contribution in [1.29, 1.82) is 0 Å². The van der Waals surface area contributed by atoms with Crippen LogP contribution in [0, 0.1) is 24.7 Å². The summed E-state index contributed by atoms with van der Waals surface area (Å²) in [5, 5.41) is 0. The van der Waals surface area contributed by atoms with E-state index in [0.29, 0.717) is 26.4 Å². The van der Waals surface area contributed by atoms with Crippen molar-refractivity contribution in [3.05, 3.63) is 0 Å². The molecule has 3 nitrogen and oxygen atoms in total. The molecular weight excluding hydrogens is 240 g/mol. The Balaban J connectivity index is 2.92. The normalized spacial score (nSPS) is 10.0. The third-order valence-electron chi connectivity index (χ3n) is 2.46. The molecule has 0 bridgehead atoms. The lowest BCUT2D eigenvalue weighted by Crippen LogP contribution is -2.10. The summed E-state index contributed by atoms with van der Waals surface area (Å²) in [5.74, 6) is 5.22. The first-order chi connectivity index (χ1) is 9.41. The minimum absolute atomic E-state index is 0.621. The highest BCUT2D eigenvalue weighted by atomic mass is 16.5. The second-order valence-corrected chi connectivity index (χ2v) is 4.16. The maximum absolute atomic E-state index is 5.40. The monoisotopic (exact) mass is 266 g/mol. The van der Waals surface area contributed by atoms with Gasteiger partial charge in [0.15, 0.2) is 0 Å². The van der Waals surface area contributed by atoms with E-state index in [1.54, 1.807) is 0 Å². The molecule has 0 radical (unpaired) electrons. The highest BCUT2D eigenvalue weighted by Gasteiger charge is 1.92. The Morgan fingerprint density at radius 1 is 0.526 bits per heavy atom. The van der Waals surface area contributed by atoms with Gasteiger partial charge in [-0.05, 0) is 25.7 Å². The second-order valence-electron chi connectivity index (χ2n) is 4.16. The fraction of sp³-hybridized carbons (Fsp3) is 0.750. The predicted octanol–water partition coefficient (Wildman–Crippen LogP) is 2.64. The lowest BCUT2D eigenvalue weighted by molar-refractivity contribution is 0.0134. The summed E-state index contributed by atoms with van der Waals surface area (Å²) in [6.07, 6.45) is 16.1. The topological polar surface area (TPSA) is 27.7 Å². The van der Waals surface area contributed by atoms with E-state index in [1.165, 1.54) is 0 Å². The molecule has 0 atom stereocenters. The summed E-state index contributed by atoms with van der Waals surface area (Å²) < 4.78 is 16.2. The van der Waals surface area contributed by atoms with Gasteiger partial charge in [0.1, 0.15) is 0 Å². The summed E-state index contributed by atoms with van der Waals surface area (Å²) in [5.41, 5.74) is 0. The van der Waals surface area contributed by atoms with Crippen LogP contribution in [0.4, 0.5) is 0 Å². The van der Waals surface area contributed by atoms with Gasteiger partial charge in [-0.1, -0.05) is 0 Å². The van der Waals surface area contributed by atoms with Crippen LogP contribution in [0.1, 0.15) is 38.5 Å². The van der Waals surface area contributed by atoms with Gasteiger partial charge in [0.2, 0.25) is 0 Å². The van der Waals surface area contributed by atoms with Crippen molar-refractivity contribution >= 4 is 0 Å². The van der Waals surface area contributed by atoms with Crippen LogP contribution in [0.3, 0.4) is 0 Å². The van der Waals surface area contributed by atoms with Gasteiger partial charge in [-0.3, -0.25) is 0 Å². The molecule has 0 N–H and O–H groups in total. The van der Waals surface area contributed by atoms with Crippen molar-refractivity contribution < 1.29 is 14.2 Å². The molecule has 0 fully saturated rings.